The third kappa shape index (κ3) is 4.90. The van der Waals surface area contributed by atoms with Crippen molar-refractivity contribution in [3.8, 4) is 0 Å². The summed E-state index contributed by atoms with van der Waals surface area (Å²) in [5.41, 5.74) is 0.393. The van der Waals surface area contributed by atoms with E-state index in [0.717, 1.165) is 52.1 Å². The van der Waals surface area contributed by atoms with Crippen LogP contribution in [0.5, 0.6) is 0 Å². The smallest absolute Gasteiger partial charge is 0.263 e. The van der Waals surface area contributed by atoms with Gasteiger partial charge in [0.2, 0.25) is 0 Å². The molecule has 28 heavy (non-hydrogen) atoms. The molecule has 1 amide bonds. The van der Waals surface area contributed by atoms with Crippen molar-refractivity contribution in [2.24, 2.45) is 21.8 Å². The Labute approximate surface area is 168 Å². The van der Waals surface area contributed by atoms with E-state index in [1.807, 2.05) is 0 Å². The van der Waals surface area contributed by atoms with Crippen molar-refractivity contribution in [2.45, 2.75) is 30.9 Å². The molecule has 0 aromatic heterocycles. The van der Waals surface area contributed by atoms with E-state index in [-0.39, 0.29) is 0 Å². The van der Waals surface area contributed by atoms with Gasteiger partial charge in [0.25, 0.3) is 5.91 Å². The Morgan fingerprint density at radius 3 is 2.54 bits per heavy atom. The first-order valence-corrected chi connectivity index (χ1v) is 10.9. The first kappa shape index (κ1) is 19.8. The van der Waals surface area contributed by atoms with Crippen LogP contribution in [0, 0.1) is 11.8 Å². The number of carbonyl (C=O) groups is 1. The van der Waals surface area contributed by atoms with Gasteiger partial charge in [-0.2, -0.15) is 16.8 Å². The standard InChI is InChI=1S/C20H25FN2O4S/c21-16-9-14(27-11-13-1-5-25-6-2-13)10-17-19(16)20(24)23-18(22-17)12-28-15-3-7-26-8-4-15/h9-10,13,15,19H,1-8,11-12H2. The van der Waals surface area contributed by atoms with Crippen LogP contribution in [0.1, 0.15) is 25.7 Å². The minimum atomic E-state index is -1.02. The summed E-state index contributed by atoms with van der Waals surface area (Å²) in [6.07, 6.45) is 6.85. The zero-order valence-corrected chi connectivity index (χ0v) is 16.6. The van der Waals surface area contributed by atoms with Crippen LogP contribution in [0.15, 0.2) is 33.7 Å². The Morgan fingerprint density at radius 2 is 1.79 bits per heavy atom. The van der Waals surface area contributed by atoms with Gasteiger partial charge in [0.1, 0.15) is 23.3 Å². The average molecular weight is 408 g/mol. The number of allylic oxidation sites excluding steroid dienone is 2. The molecule has 0 radical (unpaired) electrons. The number of aliphatic imine (C=N–C) groups is 2. The van der Waals surface area contributed by atoms with Gasteiger partial charge in [-0.3, -0.25) is 4.79 Å². The summed E-state index contributed by atoms with van der Waals surface area (Å²) in [6.45, 7) is 3.54. The number of fused-ring (bicyclic) bond motifs is 1. The Bertz CT molecular complexity index is 722. The number of amides is 1. The molecule has 4 rings (SSSR count). The van der Waals surface area contributed by atoms with E-state index in [9.17, 15) is 9.18 Å². The molecule has 0 aromatic rings. The minimum absolute atomic E-state index is 0.393. The molecular formula is C20H25FN2O4S. The number of amidine groups is 1. The van der Waals surface area contributed by atoms with Crippen LogP contribution >= 0.6 is 11.8 Å². The van der Waals surface area contributed by atoms with Gasteiger partial charge in [0, 0.05) is 43.8 Å². The normalized spacial score (nSPS) is 26.8. The molecule has 0 spiro atoms. The Kier molecular flexibility index (Phi) is 6.59. The fraction of sp³-hybridized carbons (Fsp3) is 0.650. The number of carbonyl (C=O) groups excluding carboxylic acids is 1. The van der Waals surface area contributed by atoms with Crippen molar-refractivity contribution in [3.63, 3.8) is 0 Å². The zero-order chi connectivity index (χ0) is 19.3. The van der Waals surface area contributed by atoms with E-state index < -0.39 is 17.7 Å². The van der Waals surface area contributed by atoms with Crippen molar-refractivity contribution in [1.82, 2.24) is 0 Å². The highest BCUT2D eigenvalue weighted by atomic mass is 32.2. The van der Waals surface area contributed by atoms with Gasteiger partial charge in [-0.1, -0.05) is 0 Å². The van der Waals surface area contributed by atoms with Gasteiger partial charge >= 0.3 is 0 Å². The Balaban J connectivity index is 1.39. The molecule has 0 aromatic carbocycles. The highest BCUT2D eigenvalue weighted by molar-refractivity contribution is 8.00. The fourth-order valence-electron chi connectivity index (χ4n) is 3.65. The zero-order valence-electron chi connectivity index (χ0n) is 15.8. The van der Waals surface area contributed by atoms with Gasteiger partial charge < -0.3 is 14.2 Å². The highest BCUT2D eigenvalue weighted by Gasteiger charge is 2.35. The van der Waals surface area contributed by atoms with Crippen LogP contribution in [-0.2, 0) is 19.0 Å². The maximum Gasteiger partial charge on any atom is 0.263 e. The SMILES string of the molecule is O=C1N=C(CSC2CCOCC2)N=C2C=C(OCC3CCOCC3)C=C(F)C12. The third-order valence-corrected chi connectivity index (χ3v) is 6.70. The van der Waals surface area contributed by atoms with Crippen molar-refractivity contribution in [2.75, 3.05) is 38.8 Å². The van der Waals surface area contributed by atoms with E-state index in [4.69, 9.17) is 14.2 Å². The highest BCUT2D eigenvalue weighted by Crippen LogP contribution is 2.30. The van der Waals surface area contributed by atoms with Gasteiger partial charge in [-0.25, -0.2) is 9.38 Å². The summed E-state index contributed by atoms with van der Waals surface area (Å²) in [5, 5.41) is 0.487. The van der Waals surface area contributed by atoms with Crippen LogP contribution < -0.4 is 0 Å². The number of hydrogen-bond acceptors (Lipinski definition) is 6. The molecule has 2 saturated heterocycles. The number of rotatable bonds is 6. The van der Waals surface area contributed by atoms with Gasteiger partial charge in [0.05, 0.1) is 18.1 Å². The fourth-order valence-corrected chi connectivity index (χ4v) is 4.69. The minimum Gasteiger partial charge on any atom is -0.493 e. The molecule has 2 fully saturated rings. The summed E-state index contributed by atoms with van der Waals surface area (Å²) in [4.78, 5) is 20.8. The molecular weight excluding hydrogens is 383 g/mol. The summed E-state index contributed by atoms with van der Waals surface area (Å²) in [7, 11) is 0. The van der Waals surface area contributed by atoms with Crippen molar-refractivity contribution >= 4 is 29.2 Å². The van der Waals surface area contributed by atoms with E-state index in [2.05, 4.69) is 9.98 Å². The second kappa shape index (κ2) is 9.33. The van der Waals surface area contributed by atoms with E-state index in [1.54, 1.807) is 17.8 Å². The molecule has 1 aliphatic carbocycles. The topological polar surface area (TPSA) is 69.5 Å². The quantitative estimate of drug-likeness (QED) is 0.676. The van der Waals surface area contributed by atoms with Crippen LogP contribution in [0.3, 0.4) is 0 Å². The molecule has 4 aliphatic rings. The van der Waals surface area contributed by atoms with Crippen LogP contribution in [0.4, 0.5) is 4.39 Å². The average Bonchev–Trinajstić information content (AvgIpc) is 2.72. The molecule has 1 atom stereocenters. The van der Waals surface area contributed by atoms with Crippen LogP contribution in [0.2, 0.25) is 0 Å². The Hall–Kier alpha value is -1.51. The monoisotopic (exact) mass is 408 g/mol. The van der Waals surface area contributed by atoms with Crippen LogP contribution in [0.25, 0.3) is 0 Å². The molecule has 0 saturated carbocycles. The first-order valence-electron chi connectivity index (χ1n) is 9.87. The molecule has 152 valence electrons. The summed E-state index contributed by atoms with van der Waals surface area (Å²) in [6, 6.07) is 0. The lowest BCUT2D eigenvalue weighted by Gasteiger charge is -2.25. The molecule has 1 unspecified atom stereocenters. The summed E-state index contributed by atoms with van der Waals surface area (Å²) in [5.74, 6) is -0.217. The number of halogens is 1. The molecule has 0 N–H and O–H groups in total. The van der Waals surface area contributed by atoms with Crippen molar-refractivity contribution in [1.29, 1.82) is 0 Å². The maximum atomic E-state index is 14.5. The molecule has 3 aliphatic heterocycles. The largest absolute Gasteiger partial charge is 0.493 e. The van der Waals surface area contributed by atoms with E-state index in [0.29, 0.717) is 40.8 Å². The van der Waals surface area contributed by atoms with Crippen molar-refractivity contribution in [3.05, 3.63) is 23.7 Å². The lowest BCUT2D eigenvalue weighted by Crippen LogP contribution is -2.31. The van der Waals surface area contributed by atoms with Gasteiger partial charge in [0.15, 0.2) is 0 Å². The number of thioether (sulfide) groups is 1. The van der Waals surface area contributed by atoms with Crippen LogP contribution in [-0.4, -0.2) is 61.5 Å². The molecule has 8 heteroatoms. The van der Waals surface area contributed by atoms with Crippen molar-refractivity contribution < 1.29 is 23.4 Å². The summed E-state index contributed by atoms with van der Waals surface area (Å²) < 4.78 is 31.0. The lowest BCUT2D eigenvalue weighted by atomic mass is 9.94. The van der Waals surface area contributed by atoms with Gasteiger partial charge in [-0.15, -0.1) is 0 Å². The van der Waals surface area contributed by atoms with Gasteiger partial charge in [-0.05, 0) is 31.6 Å². The first-order chi connectivity index (χ1) is 13.7. The third-order valence-electron chi connectivity index (χ3n) is 5.33. The molecule has 0 bridgehead atoms. The van der Waals surface area contributed by atoms with E-state index in [1.165, 1.54) is 6.08 Å². The Morgan fingerprint density at radius 1 is 1.07 bits per heavy atom. The summed E-state index contributed by atoms with van der Waals surface area (Å²) >= 11 is 1.73. The second-order valence-corrected chi connectivity index (χ2v) is 8.69. The molecule has 3 heterocycles. The number of ether oxygens (including phenoxy) is 3. The molecule has 6 nitrogen and oxygen atoms in total. The number of nitrogens with zero attached hydrogens (tertiary/aromatic N) is 2. The maximum absolute atomic E-state index is 14.5. The number of hydrogen-bond donors (Lipinski definition) is 0. The predicted octanol–water partition coefficient (Wildman–Crippen LogP) is 3.09. The predicted molar refractivity (Wildman–Crippen MR) is 106 cm³/mol. The lowest BCUT2D eigenvalue weighted by molar-refractivity contribution is -0.119. The second-order valence-electron chi connectivity index (χ2n) is 7.40. The van der Waals surface area contributed by atoms with E-state index >= 15 is 0 Å².